The minimum atomic E-state index is 0.309. The van der Waals surface area contributed by atoms with Gasteiger partial charge in [0, 0.05) is 18.5 Å². The molecule has 0 N–H and O–H groups in total. The van der Waals surface area contributed by atoms with Crippen molar-refractivity contribution in [1.29, 1.82) is 0 Å². The van der Waals surface area contributed by atoms with Gasteiger partial charge in [0.1, 0.15) is 5.76 Å². The predicted molar refractivity (Wildman–Crippen MR) is 76.4 cm³/mol. The van der Waals surface area contributed by atoms with Gasteiger partial charge in [-0.05, 0) is 25.0 Å². The van der Waals surface area contributed by atoms with E-state index in [-0.39, 0.29) is 0 Å². The van der Waals surface area contributed by atoms with Gasteiger partial charge in [0.2, 0.25) is 0 Å². The first-order chi connectivity index (χ1) is 9.88. The Labute approximate surface area is 120 Å². The average Bonchev–Trinajstić information content (AvgIpc) is 3.10. The number of ether oxygens (including phenoxy) is 2. The molecule has 0 amide bonds. The molecule has 4 heteroatoms. The Hall–Kier alpha value is -1.10. The molecule has 2 heterocycles. The van der Waals surface area contributed by atoms with Gasteiger partial charge in [-0.25, -0.2) is 0 Å². The van der Waals surface area contributed by atoms with Crippen LogP contribution in [-0.4, -0.2) is 43.4 Å². The highest BCUT2D eigenvalue weighted by Gasteiger charge is 2.42. The van der Waals surface area contributed by atoms with Crippen LogP contribution in [0.3, 0.4) is 0 Å². The van der Waals surface area contributed by atoms with Gasteiger partial charge in [-0.2, -0.15) is 0 Å². The van der Waals surface area contributed by atoms with Crippen molar-refractivity contribution in [3.8, 4) is 0 Å². The van der Waals surface area contributed by atoms with Crippen LogP contribution in [0.4, 0.5) is 0 Å². The third-order valence-electron chi connectivity index (χ3n) is 4.34. The summed E-state index contributed by atoms with van der Waals surface area (Å²) in [5.74, 6) is 1.55. The zero-order chi connectivity index (χ0) is 13.8. The molecule has 3 atom stereocenters. The lowest BCUT2D eigenvalue weighted by Gasteiger charge is -2.38. The number of morpholine rings is 1. The Morgan fingerprint density at radius 1 is 1.45 bits per heavy atom. The first kappa shape index (κ1) is 13.9. The number of hydrogen-bond donors (Lipinski definition) is 0. The summed E-state index contributed by atoms with van der Waals surface area (Å²) in [6, 6.07) is 4.50. The predicted octanol–water partition coefficient (Wildman–Crippen LogP) is 2.46. The van der Waals surface area contributed by atoms with E-state index in [1.165, 1.54) is 12.8 Å². The molecule has 0 radical (unpaired) electrons. The van der Waals surface area contributed by atoms with Gasteiger partial charge < -0.3 is 13.9 Å². The molecule has 0 aromatic carbocycles. The fourth-order valence-electron chi connectivity index (χ4n) is 3.42. The molecule has 3 unspecified atom stereocenters. The van der Waals surface area contributed by atoms with Crippen LogP contribution in [-0.2, 0) is 16.0 Å². The molecule has 1 saturated heterocycles. The van der Waals surface area contributed by atoms with Gasteiger partial charge in [0.15, 0.2) is 0 Å². The maximum absolute atomic E-state index is 6.02. The van der Waals surface area contributed by atoms with Crippen molar-refractivity contribution in [2.45, 2.75) is 31.5 Å². The zero-order valence-electron chi connectivity index (χ0n) is 11.9. The molecule has 1 aliphatic carbocycles. The molecule has 4 nitrogen and oxygen atoms in total. The van der Waals surface area contributed by atoms with E-state index in [2.05, 4.69) is 11.5 Å². The third-order valence-corrected chi connectivity index (χ3v) is 4.34. The zero-order valence-corrected chi connectivity index (χ0v) is 11.9. The van der Waals surface area contributed by atoms with Gasteiger partial charge in [-0.1, -0.05) is 6.08 Å². The third kappa shape index (κ3) is 2.97. The summed E-state index contributed by atoms with van der Waals surface area (Å²) in [7, 11) is 0. The fourth-order valence-corrected chi connectivity index (χ4v) is 3.42. The van der Waals surface area contributed by atoms with E-state index in [1.807, 2.05) is 12.1 Å². The monoisotopic (exact) mass is 277 g/mol. The molecule has 1 aromatic heterocycles. The fraction of sp³-hybridized carbons (Fsp3) is 0.625. The van der Waals surface area contributed by atoms with Gasteiger partial charge in [-0.3, -0.25) is 4.90 Å². The number of rotatable bonds is 6. The summed E-state index contributed by atoms with van der Waals surface area (Å²) >= 11 is 0. The molecule has 2 aliphatic rings. The van der Waals surface area contributed by atoms with E-state index in [9.17, 15) is 0 Å². The second-order valence-electron chi connectivity index (χ2n) is 5.62. The average molecular weight is 277 g/mol. The lowest BCUT2D eigenvalue weighted by molar-refractivity contribution is -0.0882. The summed E-state index contributed by atoms with van der Waals surface area (Å²) < 4.78 is 17.1. The van der Waals surface area contributed by atoms with Gasteiger partial charge in [0.25, 0.3) is 0 Å². The highest BCUT2D eigenvalue weighted by atomic mass is 16.5. The number of nitrogens with zero attached hydrogens (tertiary/aromatic N) is 1. The summed E-state index contributed by atoms with van der Waals surface area (Å²) in [5.41, 5.74) is 0. The highest BCUT2D eigenvalue weighted by molar-refractivity contribution is 5.01. The topological polar surface area (TPSA) is 34.8 Å². The van der Waals surface area contributed by atoms with E-state index in [0.717, 1.165) is 32.1 Å². The molecule has 3 rings (SSSR count). The molecule has 0 spiro atoms. The normalized spacial score (nSPS) is 30.3. The molecule has 2 fully saturated rings. The summed E-state index contributed by atoms with van der Waals surface area (Å²) in [6.45, 7) is 7.77. The molecule has 1 saturated carbocycles. The number of hydrogen-bond acceptors (Lipinski definition) is 4. The quantitative estimate of drug-likeness (QED) is 0.591. The van der Waals surface area contributed by atoms with Crippen molar-refractivity contribution in [2.75, 3.05) is 26.4 Å². The van der Waals surface area contributed by atoms with E-state index in [1.54, 1.807) is 12.3 Å². The second-order valence-corrected chi connectivity index (χ2v) is 5.62. The van der Waals surface area contributed by atoms with Crippen LogP contribution in [0.15, 0.2) is 35.5 Å². The first-order valence-corrected chi connectivity index (χ1v) is 7.45. The largest absolute Gasteiger partial charge is 0.468 e. The van der Waals surface area contributed by atoms with E-state index >= 15 is 0 Å². The molecule has 1 aromatic rings. The van der Waals surface area contributed by atoms with Gasteiger partial charge >= 0.3 is 0 Å². The van der Waals surface area contributed by atoms with Crippen molar-refractivity contribution in [3.63, 3.8) is 0 Å². The van der Waals surface area contributed by atoms with Crippen molar-refractivity contribution in [2.24, 2.45) is 5.92 Å². The lowest BCUT2D eigenvalue weighted by Crippen LogP contribution is -2.50. The van der Waals surface area contributed by atoms with Crippen LogP contribution in [0.2, 0.25) is 0 Å². The maximum Gasteiger partial charge on any atom is 0.117 e. The minimum absolute atomic E-state index is 0.309. The molecule has 0 bridgehead atoms. The van der Waals surface area contributed by atoms with E-state index in [4.69, 9.17) is 13.9 Å². The Bertz CT molecular complexity index is 417. The van der Waals surface area contributed by atoms with Crippen LogP contribution in [0, 0.1) is 5.92 Å². The molecule has 1 aliphatic heterocycles. The molecule has 110 valence electrons. The Balaban J connectivity index is 1.58. The Morgan fingerprint density at radius 2 is 2.40 bits per heavy atom. The first-order valence-electron chi connectivity index (χ1n) is 7.45. The summed E-state index contributed by atoms with van der Waals surface area (Å²) in [6.07, 6.45) is 6.23. The van der Waals surface area contributed by atoms with Crippen LogP contribution in [0.5, 0.6) is 0 Å². The van der Waals surface area contributed by atoms with Crippen molar-refractivity contribution < 1.29 is 13.9 Å². The lowest BCUT2D eigenvalue weighted by atomic mass is 10.0. The van der Waals surface area contributed by atoms with Crippen LogP contribution >= 0.6 is 0 Å². The highest BCUT2D eigenvalue weighted by Crippen LogP contribution is 2.35. The van der Waals surface area contributed by atoms with Crippen LogP contribution < -0.4 is 0 Å². The molecule has 20 heavy (non-hydrogen) atoms. The molecular weight excluding hydrogens is 254 g/mol. The van der Waals surface area contributed by atoms with Crippen molar-refractivity contribution >= 4 is 0 Å². The van der Waals surface area contributed by atoms with Gasteiger partial charge in [-0.15, -0.1) is 6.58 Å². The van der Waals surface area contributed by atoms with Crippen LogP contribution in [0.25, 0.3) is 0 Å². The summed E-state index contributed by atoms with van der Waals surface area (Å²) in [4.78, 5) is 2.50. The minimum Gasteiger partial charge on any atom is -0.468 e. The smallest absolute Gasteiger partial charge is 0.117 e. The van der Waals surface area contributed by atoms with Crippen molar-refractivity contribution in [1.82, 2.24) is 4.90 Å². The van der Waals surface area contributed by atoms with Crippen LogP contribution in [0.1, 0.15) is 18.6 Å². The number of fused-ring (bicyclic) bond motifs is 1. The standard InChI is InChI=1S/C16H23NO3/c1-2-8-18-12-13-5-6-15-16(13)20-10-7-17(15)11-14-4-3-9-19-14/h2-4,9,13,15-16H,1,5-8,10-12H2. The van der Waals surface area contributed by atoms with E-state index < -0.39 is 0 Å². The molecular formula is C16H23NO3. The number of furan rings is 1. The Kier molecular flexibility index (Phi) is 4.55. The Morgan fingerprint density at radius 3 is 3.20 bits per heavy atom. The van der Waals surface area contributed by atoms with E-state index in [0.29, 0.717) is 24.7 Å². The maximum atomic E-state index is 6.02. The second kappa shape index (κ2) is 6.57. The summed E-state index contributed by atoms with van der Waals surface area (Å²) in [5, 5.41) is 0. The SMILES string of the molecule is C=CCOCC1CCC2C1OCCN2Cc1ccco1. The van der Waals surface area contributed by atoms with Gasteiger partial charge in [0.05, 0.1) is 38.7 Å². The van der Waals surface area contributed by atoms with Crippen molar-refractivity contribution in [3.05, 3.63) is 36.8 Å².